The van der Waals surface area contributed by atoms with Gasteiger partial charge in [-0.3, -0.25) is 19.7 Å². The molecule has 3 N–H and O–H groups in total. The van der Waals surface area contributed by atoms with E-state index in [9.17, 15) is 46.9 Å². The number of rotatable bonds is 18. The van der Waals surface area contributed by atoms with Gasteiger partial charge in [0.2, 0.25) is 12.3 Å². The quantitative estimate of drug-likeness (QED) is 0.0186. The molecule has 19 nitrogen and oxygen atoms in total. The molecule has 0 atom stereocenters. The Morgan fingerprint density at radius 3 is 2.15 bits per heavy atom. The predicted octanol–water partition coefficient (Wildman–Crippen LogP) is 11.8. The number of aromatic amines is 1. The highest BCUT2D eigenvalue weighted by atomic mass is 127. The van der Waals surface area contributed by atoms with Gasteiger partial charge >= 0.3 is 18.4 Å². The van der Waals surface area contributed by atoms with Gasteiger partial charge in [-0.05, 0) is 128 Å². The van der Waals surface area contributed by atoms with Crippen LogP contribution in [0.1, 0.15) is 116 Å². The number of nitro groups is 1. The van der Waals surface area contributed by atoms with Gasteiger partial charge in [-0.15, -0.1) is 24.0 Å². The molecule has 2 fully saturated rings. The predicted molar refractivity (Wildman–Crippen MR) is 316 cm³/mol. The van der Waals surface area contributed by atoms with Crippen molar-refractivity contribution in [2.75, 3.05) is 57.3 Å². The summed E-state index contributed by atoms with van der Waals surface area (Å²) in [5.41, 5.74) is -1.12. The number of nitrogens with one attached hydrogen (secondary N) is 3. The molecule has 0 unspecified atom stereocenters. The number of amides is 4. The number of unbranched alkanes of at least 4 members (excludes halogenated alkanes) is 2. The lowest BCUT2D eigenvalue weighted by molar-refractivity contribution is -0.385. The Balaban J connectivity index is 0.000000329. The molecular weight excluding hydrogens is 1210 g/mol. The maximum atomic E-state index is 13.8. The van der Waals surface area contributed by atoms with Crippen molar-refractivity contribution in [2.24, 2.45) is 0 Å². The Morgan fingerprint density at radius 1 is 0.878 bits per heavy atom. The summed E-state index contributed by atoms with van der Waals surface area (Å²) in [6.45, 7) is 20.8. The van der Waals surface area contributed by atoms with Crippen LogP contribution in [-0.2, 0) is 44.9 Å². The van der Waals surface area contributed by atoms with Gasteiger partial charge in [0.25, 0.3) is 5.69 Å². The van der Waals surface area contributed by atoms with Crippen LogP contribution < -0.4 is 20.3 Å². The number of ether oxygens (including phenoxy) is 3. The maximum Gasteiger partial charge on any atom is 0.419 e. The molecule has 82 heavy (non-hydrogen) atoms. The number of hydrogen-bond donors (Lipinski definition) is 3. The first-order valence-electron chi connectivity index (χ1n) is 26.9. The molecule has 3 aromatic carbocycles. The number of anilines is 1. The monoisotopic (exact) mass is 1280 g/mol. The molecule has 2 aliphatic heterocycles. The number of nitrogens with zero attached hydrogens (tertiary/aromatic N) is 7. The van der Waals surface area contributed by atoms with Crippen molar-refractivity contribution in [3.8, 4) is 5.75 Å². The number of piperazine rings is 1. The summed E-state index contributed by atoms with van der Waals surface area (Å²) >= 11 is 5.66. The van der Waals surface area contributed by atoms with Crippen LogP contribution in [0.25, 0.3) is 11.0 Å². The van der Waals surface area contributed by atoms with Crippen LogP contribution in [0, 0.1) is 15.9 Å². The zero-order valence-electron chi connectivity index (χ0n) is 47.7. The minimum Gasteiger partial charge on any atom is -0.489 e. The van der Waals surface area contributed by atoms with Crippen molar-refractivity contribution >= 4 is 82.6 Å². The molecule has 0 radical (unpaired) electrons. The second kappa shape index (κ2) is 31.2. The van der Waals surface area contributed by atoms with Crippen LogP contribution in [0.15, 0.2) is 79.3 Å². The van der Waals surface area contributed by atoms with Gasteiger partial charge in [0.1, 0.15) is 47.2 Å². The normalized spacial score (nSPS) is 14.4. The number of carbonyl (C=O) groups is 4. The standard InChI is InChI=1S/C32H42F4N4O6.C17H25N5O2.C8H8ClNO.HI/c1-5-37-15-17-38(18-16-37)29(41)9-7-6-8-14-39(30(42)46-31(2,3)4)21-24-20-25(40(43)44)11-13-28(24)45-22-23-10-12-27(33)26(19-23)32(34,35)36;1-16(2,3)24-15(23)21-17(4)6-9-22(10-7-17)14-12-5-8-18-13(12)19-11-20-14;9-8-3-1-7(2-4-8)5-10-6-11;/h10-13,19-20H,5-9,14-18,21-22H2,1-4H3;5,8,11H,6-7,9-10H2,1-4H3,(H,21,23)(H,18,19,20);1-4,6H,5H2,(H,10,11);1H. The molecule has 7 rings (SSSR count). The van der Waals surface area contributed by atoms with Gasteiger partial charge in [-0.2, -0.15) is 13.2 Å². The number of likely N-dealkylation sites (N-methyl/N-ethyl adjacent to an activating group) is 1. The number of H-pyrrole nitrogens is 1. The van der Waals surface area contributed by atoms with Crippen LogP contribution in [-0.4, -0.2) is 128 Å². The molecule has 0 spiro atoms. The number of piperidine rings is 1. The second-order valence-corrected chi connectivity index (χ2v) is 22.4. The lowest BCUT2D eigenvalue weighted by Gasteiger charge is -2.40. The number of halogens is 6. The lowest BCUT2D eigenvalue weighted by Crippen LogP contribution is -2.54. The summed E-state index contributed by atoms with van der Waals surface area (Å²) in [4.78, 5) is 78.3. The van der Waals surface area contributed by atoms with Gasteiger partial charge in [-0.1, -0.05) is 43.1 Å². The van der Waals surface area contributed by atoms with Crippen molar-refractivity contribution in [2.45, 2.75) is 137 Å². The summed E-state index contributed by atoms with van der Waals surface area (Å²) in [6, 6.07) is 15.5. The Hall–Kier alpha value is -6.54. The maximum absolute atomic E-state index is 13.8. The van der Waals surface area contributed by atoms with Crippen LogP contribution in [0.2, 0.25) is 5.02 Å². The molecule has 4 heterocycles. The van der Waals surface area contributed by atoms with Gasteiger partial charge in [0.05, 0.1) is 22.4 Å². The van der Waals surface area contributed by atoms with Crippen molar-refractivity contribution in [1.29, 1.82) is 0 Å². The summed E-state index contributed by atoms with van der Waals surface area (Å²) in [5, 5.41) is 18.9. The number of alkyl carbamates (subject to hydrolysis) is 1. The van der Waals surface area contributed by atoms with Gasteiger partial charge < -0.3 is 49.4 Å². The number of alkyl halides is 3. The minimum atomic E-state index is -4.90. The van der Waals surface area contributed by atoms with E-state index in [1.807, 2.05) is 50.1 Å². The summed E-state index contributed by atoms with van der Waals surface area (Å²) in [7, 11) is 0. The molecule has 25 heteroatoms. The first-order valence-corrected chi connectivity index (χ1v) is 27.2. The third-order valence-corrected chi connectivity index (χ3v) is 13.3. The fraction of sp³-hybridized carbons (Fsp3) is 0.509. The number of nitro benzene ring substituents is 1. The Labute approximate surface area is 498 Å². The third kappa shape index (κ3) is 22.3. The number of hydrogen-bond acceptors (Lipinski definition) is 13. The van der Waals surface area contributed by atoms with Crippen LogP contribution in [0.3, 0.4) is 0 Å². The van der Waals surface area contributed by atoms with Gasteiger partial charge in [0.15, 0.2) is 0 Å². The zero-order chi connectivity index (χ0) is 59.5. The molecule has 5 aromatic rings. The number of non-ortho nitro benzene ring substituents is 1. The molecule has 2 aromatic heterocycles. The lowest BCUT2D eigenvalue weighted by atomic mass is 9.89. The zero-order valence-corrected chi connectivity index (χ0v) is 50.8. The molecule has 0 saturated carbocycles. The van der Waals surface area contributed by atoms with Crippen LogP contribution in [0.5, 0.6) is 5.75 Å². The van der Waals surface area contributed by atoms with E-state index in [0.29, 0.717) is 68.9 Å². The van der Waals surface area contributed by atoms with Crippen LogP contribution >= 0.6 is 35.6 Å². The van der Waals surface area contributed by atoms with E-state index >= 15 is 0 Å². The van der Waals surface area contributed by atoms with Crippen LogP contribution in [0.4, 0.5) is 38.7 Å². The Morgan fingerprint density at radius 2 is 1.54 bits per heavy atom. The van der Waals surface area contributed by atoms with E-state index in [2.05, 4.69) is 49.2 Å². The van der Waals surface area contributed by atoms with E-state index in [1.165, 1.54) is 23.1 Å². The number of carbonyl (C=O) groups excluding carboxylic acids is 4. The Bertz CT molecular complexity index is 2870. The highest BCUT2D eigenvalue weighted by Gasteiger charge is 2.36. The molecule has 450 valence electrons. The van der Waals surface area contributed by atoms with Crippen molar-refractivity contribution in [3.63, 3.8) is 0 Å². The number of fused-ring (bicyclic) bond motifs is 1. The molecule has 2 aliphatic rings. The fourth-order valence-corrected chi connectivity index (χ4v) is 8.86. The van der Waals surface area contributed by atoms with E-state index in [4.69, 9.17) is 25.8 Å². The first kappa shape index (κ1) is 68.0. The van der Waals surface area contributed by atoms with Gasteiger partial charge in [0, 0.05) is 93.2 Å². The minimum absolute atomic E-state index is 0. The van der Waals surface area contributed by atoms with E-state index in [0.717, 1.165) is 74.0 Å². The molecule has 0 aliphatic carbocycles. The number of aromatic nitrogens is 3. The largest absolute Gasteiger partial charge is 0.489 e. The topological polar surface area (TPSA) is 218 Å². The van der Waals surface area contributed by atoms with E-state index < -0.39 is 39.8 Å². The average molecular weight is 1280 g/mol. The van der Waals surface area contributed by atoms with Gasteiger partial charge in [-0.25, -0.2) is 23.9 Å². The second-order valence-electron chi connectivity index (χ2n) is 21.9. The van der Waals surface area contributed by atoms with E-state index in [-0.39, 0.29) is 83.8 Å². The fourth-order valence-electron chi connectivity index (χ4n) is 8.74. The smallest absolute Gasteiger partial charge is 0.419 e. The van der Waals surface area contributed by atoms with Crippen molar-refractivity contribution < 1.29 is 55.9 Å². The molecule has 4 amide bonds. The van der Waals surface area contributed by atoms with E-state index in [1.54, 1.807) is 39.2 Å². The SMILES string of the molecule is CC1(NC(=O)OC(C)(C)C)CCN(c2ncnc3[nH]ccc23)CC1.CCN1CCN(C(=O)CCCCCN(Cc2cc([N+](=O)[O-])ccc2OCc2ccc(F)c(C(F)(F)F)c2)C(=O)OC(C)(C)C)CC1.I.O=CNCc1ccc(Cl)cc1. The average Bonchev–Trinajstić information content (AvgIpc) is 3.93. The summed E-state index contributed by atoms with van der Waals surface area (Å²) in [5.74, 6) is -0.271. The molecule has 2 saturated heterocycles. The first-order chi connectivity index (χ1) is 38.2. The van der Waals surface area contributed by atoms with Crippen molar-refractivity contribution in [1.82, 2.24) is 40.3 Å². The third-order valence-electron chi connectivity index (χ3n) is 13.1. The highest BCUT2D eigenvalue weighted by Crippen LogP contribution is 2.34. The summed E-state index contributed by atoms with van der Waals surface area (Å²) in [6.07, 6.45) is 2.07. The summed E-state index contributed by atoms with van der Waals surface area (Å²) < 4.78 is 70.1. The van der Waals surface area contributed by atoms with Crippen molar-refractivity contribution in [3.05, 3.63) is 122 Å². The Kier molecular flexibility index (Phi) is 25.9. The highest BCUT2D eigenvalue weighted by molar-refractivity contribution is 14.0. The molecule has 0 bridgehead atoms. The number of benzene rings is 3. The molecular formula is C57H76ClF4IN10O9.